The fourth-order valence-electron chi connectivity index (χ4n) is 2.39. The van der Waals surface area contributed by atoms with Crippen molar-refractivity contribution in [3.63, 3.8) is 0 Å². The fourth-order valence-corrected chi connectivity index (χ4v) is 2.81. The third-order valence-electron chi connectivity index (χ3n) is 3.44. The summed E-state index contributed by atoms with van der Waals surface area (Å²) in [5, 5.41) is 8.84. The van der Waals surface area contributed by atoms with E-state index in [0.717, 1.165) is 0 Å². The molecule has 0 aromatic heterocycles. The summed E-state index contributed by atoms with van der Waals surface area (Å²) in [5.74, 6) is -1.47. The van der Waals surface area contributed by atoms with Crippen LogP contribution in [0.5, 0.6) is 0 Å². The molecule has 0 aliphatic carbocycles. The largest absolute Gasteiger partial charge is 0.467 e. The van der Waals surface area contributed by atoms with Crippen LogP contribution in [0.2, 0.25) is 0 Å². The van der Waals surface area contributed by atoms with E-state index in [9.17, 15) is 14.0 Å². The van der Waals surface area contributed by atoms with Gasteiger partial charge in [-0.25, -0.2) is 9.18 Å². The van der Waals surface area contributed by atoms with Gasteiger partial charge in [-0.3, -0.25) is 4.79 Å². The minimum absolute atomic E-state index is 0.0659. The zero-order chi connectivity index (χ0) is 18.5. The Morgan fingerprint density at radius 1 is 1.42 bits per heavy atom. The van der Waals surface area contributed by atoms with E-state index >= 15 is 0 Å². The summed E-state index contributed by atoms with van der Waals surface area (Å²) in [4.78, 5) is 26.0. The standard InChI is InChI=1S/C17H20BrFN2O3/c1-17(2,3)15(16(23)24-4)21(14(22)7-8-20)10-11-5-6-13(19)12(18)9-11/h5-6,9,15H,7,10H2,1-4H3/t15-/m1/s1. The van der Waals surface area contributed by atoms with Crippen LogP contribution in [0.3, 0.4) is 0 Å². The third-order valence-corrected chi connectivity index (χ3v) is 4.05. The van der Waals surface area contributed by atoms with Crippen molar-refractivity contribution in [2.45, 2.75) is 39.8 Å². The van der Waals surface area contributed by atoms with Gasteiger partial charge >= 0.3 is 5.97 Å². The van der Waals surface area contributed by atoms with Crippen LogP contribution in [0.4, 0.5) is 4.39 Å². The number of carbonyl (C=O) groups excluding carboxylic acids is 2. The van der Waals surface area contributed by atoms with Gasteiger partial charge in [-0.1, -0.05) is 26.8 Å². The second kappa shape index (κ2) is 8.25. The molecule has 1 aromatic rings. The minimum atomic E-state index is -0.868. The maximum Gasteiger partial charge on any atom is 0.329 e. The van der Waals surface area contributed by atoms with Crippen LogP contribution in [-0.2, 0) is 20.9 Å². The van der Waals surface area contributed by atoms with Gasteiger partial charge in [0.15, 0.2) is 0 Å². The highest BCUT2D eigenvalue weighted by molar-refractivity contribution is 9.10. The van der Waals surface area contributed by atoms with Crippen molar-refractivity contribution in [3.05, 3.63) is 34.1 Å². The fraction of sp³-hybridized carbons (Fsp3) is 0.471. The maximum absolute atomic E-state index is 13.4. The van der Waals surface area contributed by atoms with Gasteiger partial charge in [0.25, 0.3) is 0 Å². The summed E-state index contributed by atoms with van der Waals surface area (Å²) in [6.07, 6.45) is -0.355. The van der Waals surface area contributed by atoms with Gasteiger partial charge in [-0.2, -0.15) is 5.26 Å². The van der Waals surface area contributed by atoms with Crippen LogP contribution < -0.4 is 0 Å². The van der Waals surface area contributed by atoms with Crippen LogP contribution in [0.1, 0.15) is 32.8 Å². The molecule has 1 rings (SSSR count). The van der Waals surface area contributed by atoms with Crippen molar-refractivity contribution in [1.82, 2.24) is 4.90 Å². The van der Waals surface area contributed by atoms with Crippen molar-refractivity contribution < 1.29 is 18.7 Å². The number of methoxy groups -OCH3 is 1. The van der Waals surface area contributed by atoms with Crippen LogP contribution in [0.15, 0.2) is 22.7 Å². The number of carbonyl (C=O) groups is 2. The number of hydrogen-bond donors (Lipinski definition) is 0. The molecule has 5 nitrogen and oxygen atoms in total. The van der Waals surface area contributed by atoms with Gasteiger partial charge in [-0.05, 0) is 39.0 Å². The Bertz CT molecular complexity index is 665. The molecule has 0 heterocycles. The van der Waals surface area contributed by atoms with Gasteiger partial charge in [0.1, 0.15) is 18.3 Å². The van der Waals surface area contributed by atoms with Gasteiger partial charge in [0, 0.05) is 6.54 Å². The Labute approximate surface area is 149 Å². The van der Waals surface area contributed by atoms with E-state index in [1.807, 2.05) is 20.8 Å². The highest BCUT2D eigenvalue weighted by Crippen LogP contribution is 2.28. The number of ether oxygens (including phenoxy) is 1. The Kier molecular flexibility index (Phi) is 6.91. The van der Waals surface area contributed by atoms with Crippen LogP contribution in [0, 0.1) is 22.6 Å². The molecular formula is C17H20BrFN2O3. The summed E-state index contributed by atoms with van der Waals surface area (Å²) in [5.41, 5.74) is 0.0304. The summed E-state index contributed by atoms with van der Waals surface area (Å²) in [7, 11) is 1.25. The zero-order valence-electron chi connectivity index (χ0n) is 14.1. The van der Waals surface area contributed by atoms with E-state index < -0.39 is 29.2 Å². The Hall–Kier alpha value is -1.94. The van der Waals surface area contributed by atoms with E-state index in [2.05, 4.69) is 15.9 Å². The Balaban J connectivity index is 3.28. The Morgan fingerprint density at radius 2 is 2.04 bits per heavy atom. The van der Waals surface area contributed by atoms with Crippen LogP contribution in [0.25, 0.3) is 0 Å². The van der Waals surface area contributed by atoms with E-state index in [0.29, 0.717) is 5.56 Å². The Morgan fingerprint density at radius 3 is 2.50 bits per heavy atom. The molecule has 0 bridgehead atoms. The molecule has 0 saturated heterocycles. The number of esters is 1. The van der Waals surface area contributed by atoms with Crippen molar-refractivity contribution in [2.75, 3.05) is 7.11 Å². The molecule has 0 saturated carbocycles. The molecule has 0 aliphatic heterocycles. The number of amides is 1. The van der Waals surface area contributed by atoms with Crippen LogP contribution in [-0.4, -0.2) is 29.9 Å². The zero-order valence-corrected chi connectivity index (χ0v) is 15.7. The number of hydrogen-bond acceptors (Lipinski definition) is 4. The first-order chi connectivity index (χ1) is 11.1. The summed E-state index contributed by atoms with van der Waals surface area (Å²) in [6, 6.07) is 5.28. The predicted octanol–water partition coefficient (Wildman–Crippen LogP) is 3.42. The number of halogens is 2. The van der Waals surface area contributed by atoms with E-state index in [4.69, 9.17) is 10.00 Å². The monoisotopic (exact) mass is 398 g/mol. The SMILES string of the molecule is COC(=O)[C@@H](N(Cc1ccc(F)c(Br)c1)C(=O)CC#N)C(C)(C)C. The lowest BCUT2D eigenvalue weighted by Gasteiger charge is -2.38. The molecule has 1 amide bonds. The quantitative estimate of drug-likeness (QED) is 0.712. The lowest BCUT2D eigenvalue weighted by atomic mass is 9.85. The first-order valence-corrected chi connectivity index (χ1v) is 8.09. The number of benzene rings is 1. The number of nitriles is 1. The van der Waals surface area contributed by atoms with Gasteiger partial charge in [0.2, 0.25) is 5.91 Å². The third kappa shape index (κ3) is 5.03. The number of rotatable bonds is 5. The van der Waals surface area contributed by atoms with E-state index in [-0.39, 0.29) is 17.4 Å². The molecule has 0 aliphatic rings. The van der Waals surface area contributed by atoms with Crippen molar-refractivity contribution in [3.8, 4) is 6.07 Å². The molecule has 7 heteroatoms. The first-order valence-electron chi connectivity index (χ1n) is 7.30. The first kappa shape index (κ1) is 20.1. The van der Waals surface area contributed by atoms with Crippen LogP contribution >= 0.6 is 15.9 Å². The van der Waals surface area contributed by atoms with Crippen molar-refractivity contribution >= 4 is 27.8 Å². The molecular weight excluding hydrogens is 379 g/mol. The molecule has 0 spiro atoms. The molecule has 0 radical (unpaired) electrons. The lowest BCUT2D eigenvalue weighted by Crippen LogP contribution is -2.52. The molecule has 1 atom stereocenters. The van der Waals surface area contributed by atoms with E-state index in [1.165, 1.54) is 24.1 Å². The second-order valence-electron chi connectivity index (χ2n) is 6.40. The highest BCUT2D eigenvalue weighted by Gasteiger charge is 2.39. The second-order valence-corrected chi connectivity index (χ2v) is 7.25. The smallest absolute Gasteiger partial charge is 0.329 e. The molecule has 0 N–H and O–H groups in total. The van der Waals surface area contributed by atoms with Crippen molar-refractivity contribution in [1.29, 1.82) is 5.26 Å². The summed E-state index contributed by atoms with van der Waals surface area (Å²) >= 11 is 3.10. The van der Waals surface area contributed by atoms with Gasteiger partial charge < -0.3 is 9.64 Å². The van der Waals surface area contributed by atoms with Crippen molar-refractivity contribution in [2.24, 2.45) is 5.41 Å². The molecule has 24 heavy (non-hydrogen) atoms. The number of nitrogens with zero attached hydrogens (tertiary/aromatic N) is 2. The average molecular weight is 399 g/mol. The normalized spacial score (nSPS) is 12.2. The predicted molar refractivity (Wildman–Crippen MR) is 90.1 cm³/mol. The van der Waals surface area contributed by atoms with Gasteiger partial charge in [-0.15, -0.1) is 0 Å². The summed E-state index contributed by atoms with van der Waals surface area (Å²) in [6.45, 7) is 5.49. The molecule has 1 aromatic carbocycles. The molecule has 0 unspecified atom stereocenters. The topological polar surface area (TPSA) is 70.4 Å². The molecule has 130 valence electrons. The molecule has 0 fully saturated rings. The highest BCUT2D eigenvalue weighted by atomic mass is 79.9. The van der Waals surface area contributed by atoms with E-state index in [1.54, 1.807) is 12.1 Å². The van der Waals surface area contributed by atoms with Gasteiger partial charge in [0.05, 0.1) is 17.7 Å². The lowest BCUT2D eigenvalue weighted by molar-refractivity contribution is -0.158. The summed E-state index contributed by atoms with van der Waals surface area (Å²) < 4.78 is 18.5. The minimum Gasteiger partial charge on any atom is -0.467 e. The maximum atomic E-state index is 13.4. The average Bonchev–Trinajstić information content (AvgIpc) is 2.48.